The molecule has 1 aliphatic rings. The molecule has 4 rings (SSSR count). The molecule has 2 unspecified atom stereocenters. The van der Waals surface area contributed by atoms with Gasteiger partial charge in [0.15, 0.2) is 11.7 Å². The number of halogens is 2. The molecule has 0 saturated heterocycles. The summed E-state index contributed by atoms with van der Waals surface area (Å²) in [5.41, 5.74) is 0.339. The van der Waals surface area contributed by atoms with Gasteiger partial charge in [0.2, 0.25) is 0 Å². The van der Waals surface area contributed by atoms with Crippen LogP contribution in [0.5, 0.6) is 0 Å². The minimum absolute atomic E-state index is 0.0275. The van der Waals surface area contributed by atoms with Gasteiger partial charge in [0, 0.05) is 22.7 Å². The molecular weight excluding hydrogens is 437 g/mol. The molecule has 1 N–H and O–H groups in total. The van der Waals surface area contributed by atoms with Crippen molar-refractivity contribution in [2.45, 2.75) is 18.2 Å². The monoisotopic (exact) mass is 455 g/mol. The number of nitrogens with zero attached hydrogens (tertiary/aromatic N) is 1. The molecule has 0 radical (unpaired) electrons. The highest BCUT2D eigenvalue weighted by molar-refractivity contribution is 9.10. The molecule has 29 heavy (non-hydrogen) atoms. The van der Waals surface area contributed by atoms with Crippen LogP contribution in [0.2, 0.25) is 0 Å². The predicted molar refractivity (Wildman–Crippen MR) is 112 cm³/mol. The van der Waals surface area contributed by atoms with Crippen molar-refractivity contribution >= 4 is 27.5 Å². The minimum atomic E-state index is -1.65. The van der Waals surface area contributed by atoms with Gasteiger partial charge in [-0.15, -0.1) is 0 Å². The number of hydrogen-bond donors (Lipinski definition) is 1. The van der Waals surface area contributed by atoms with Crippen LogP contribution in [0.25, 0.3) is 0 Å². The molecule has 0 aromatic heterocycles. The quantitative estimate of drug-likeness (QED) is 0.634. The maximum Gasteiger partial charge on any atom is 0.260 e. The van der Waals surface area contributed by atoms with Gasteiger partial charge in [-0.1, -0.05) is 70.5 Å². The molecule has 6 heteroatoms. The molecule has 3 aromatic carbocycles. The molecule has 0 bridgehead atoms. The summed E-state index contributed by atoms with van der Waals surface area (Å²) in [5.74, 6) is -0.845. The lowest BCUT2D eigenvalue weighted by Gasteiger charge is -2.44. The zero-order valence-corrected chi connectivity index (χ0v) is 17.3. The molecule has 0 saturated carbocycles. The van der Waals surface area contributed by atoms with E-state index in [0.717, 1.165) is 0 Å². The highest BCUT2D eigenvalue weighted by Gasteiger charge is 2.52. The third-order valence-corrected chi connectivity index (χ3v) is 5.76. The Hall–Kier alpha value is -2.54. The summed E-state index contributed by atoms with van der Waals surface area (Å²) in [6.07, 6.45) is -1.17. The number of benzene rings is 3. The first-order valence-corrected chi connectivity index (χ1v) is 9.91. The van der Waals surface area contributed by atoms with Gasteiger partial charge in [0.25, 0.3) is 5.91 Å². The van der Waals surface area contributed by atoms with E-state index in [9.17, 15) is 14.3 Å². The number of fused-ring (bicyclic) bond motifs is 1. The van der Waals surface area contributed by atoms with Gasteiger partial charge < -0.3 is 14.7 Å². The third kappa shape index (κ3) is 3.27. The van der Waals surface area contributed by atoms with Crippen molar-refractivity contribution in [2.75, 3.05) is 12.0 Å². The Kier molecular flexibility index (Phi) is 5.25. The first kappa shape index (κ1) is 19.8. The van der Waals surface area contributed by atoms with Crippen LogP contribution in [0.1, 0.15) is 16.7 Å². The molecule has 148 valence electrons. The van der Waals surface area contributed by atoms with Crippen LogP contribution in [-0.2, 0) is 21.7 Å². The fraction of sp³-hybridized carbons (Fsp3) is 0.174. The second-order valence-electron chi connectivity index (χ2n) is 6.93. The SMILES string of the molecule is COC1C(=O)N(Cc2ccc(Br)cc2F)c2ccccc2C1(O)c1ccccc1. The smallest absolute Gasteiger partial charge is 0.260 e. The van der Waals surface area contributed by atoms with Crippen molar-refractivity contribution in [1.82, 2.24) is 0 Å². The molecule has 1 heterocycles. The van der Waals surface area contributed by atoms with Gasteiger partial charge in [-0.25, -0.2) is 4.39 Å². The zero-order chi connectivity index (χ0) is 20.6. The number of anilines is 1. The maximum absolute atomic E-state index is 14.5. The van der Waals surface area contributed by atoms with Gasteiger partial charge in [0.05, 0.1) is 12.2 Å². The first-order valence-electron chi connectivity index (χ1n) is 9.12. The summed E-state index contributed by atoms with van der Waals surface area (Å²) in [6, 6.07) is 20.8. The lowest BCUT2D eigenvalue weighted by atomic mass is 9.77. The number of aliphatic hydroxyl groups is 1. The average Bonchev–Trinajstić information content (AvgIpc) is 2.73. The number of ether oxygens (including phenoxy) is 1. The average molecular weight is 456 g/mol. The molecule has 0 spiro atoms. The number of amides is 1. The second-order valence-corrected chi connectivity index (χ2v) is 7.84. The fourth-order valence-electron chi connectivity index (χ4n) is 3.87. The van der Waals surface area contributed by atoms with E-state index in [1.54, 1.807) is 60.7 Å². The van der Waals surface area contributed by atoms with Crippen molar-refractivity contribution in [3.63, 3.8) is 0 Å². The molecule has 0 fully saturated rings. The summed E-state index contributed by atoms with van der Waals surface area (Å²) in [5, 5.41) is 11.7. The standard InChI is InChI=1S/C23H19BrFNO3/c1-29-21-22(27)26(14-15-11-12-17(24)13-19(15)25)20-10-6-5-9-18(20)23(21,28)16-7-3-2-4-8-16/h2-13,21,28H,14H2,1H3. The van der Waals surface area contributed by atoms with E-state index in [4.69, 9.17) is 4.74 Å². The van der Waals surface area contributed by atoms with Gasteiger partial charge in [-0.3, -0.25) is 4.79 Å². The molecule has 3 aromatic rings. The van der Waals surface area contributed by atoms with Crippen LogP contribution < -0.4 is 4.90 Å². The van der Waals surface area contributed by atoms with Gasteiger partial charge >= 0.3 is 0 Å². The molecule has 1 amide bonds. The second kappa shape index (κ2) is 7.71. The summed E-state index contributed by atoms with van der Waals surface area (Å²) in [6.45, 7) is 0.0275. The molecule has 1 aliphatic heterocycles. The Morgan fingerprint density at radius 1 is 1.10 bits per heavy atom. The van der Waals surface area contributed by atoms with Crippen LogP contribution in [0, 0.1) is 5.82 Å². The van der Waals surface area contributed by atoms with Crippen LogP contribution in [-0.4, -0.2) is 24.2 Å². The van der Waals surface area contributed by atoms with Gasteiger partial charge in [-0.05, 0) is 23.8 Å². The zero-order valence-electron chi connectivity index (χ0n) is 15.7. The lowest BCUT2D eigenvalue weighted by Crippen LogP contribution is -2.57. The summed E-state index contributed by atoms with van der Waals surface area (Å²) in [4.78, 5) is 14.9. The van der Waals surface area contributed by atoms with Crippen LogP contribution in [0.3, 0.4) is 0 Å². The van der Waals surface area contributed by atoms with Crippen molar-refractivity contribution in [1.29, 1.82) is 0 Å². The normalized spacial score (nSPS) is 21.2. The minimum Gasteiger partial charge on any atom is -0.377 e. The van der Waals surface area contributed by atoms with E-state index in [1.165, 1.54) is 18.1 Å². The fourth-order valence-corrected chi connectivity index (χ4v) is 4.20. The number of hydrogen-bond acceptors (Lipinski definition) is 3. The van der Waals surface area contributed by atoms with Gasteiger partial charge in [0.1, 0.15) is 5.82 Å². The number of para-hydroxylation sites is 1. The largest absolute Gasteiger partial charge is 0.377 e. The summed E-state index contributed by atoms with van der Waals surface area (Å²) >= 11 is 3.25. The van der Waals surface area contributed by atoms with Crippen molar-refractivity contribution in [2.24, 2.45) is 0 Å². The Bertz CT molecular complexity index is 1060. The predicted octanol–water partition coefficient (Wildman–Crippen LogP) is 4.39. The van der Waals surface area contributed by atoms with Crippen LogP contribution in [0.4, 0.5) is 10.1 Å². The van der Waals surface area contributed by atoms with Crippen molar-refractivity contribution < 1.29 is 19.0 Å². The molecule has 4 nitrogen and oxygen atoms in total. The van der Waals surface area contributed by atoms with E-state index in [2.05, 4.69) is 15.9 Å². The summed E-state index contributed by atoms with van der Waals surface area (Å²) < 4.78 is 20.6. The Morgan fingerprint density at radius 3 is 2.48 bits per heavy atom. The topological polar surface area (TPSA) is 49.8 Å². The number of carbonyl (C=O) groups excluding carboxylic acids is 1. The van der Waals surface area contributed by atoms with Gasteiger partial charge in [-0.2, -0.15) is 0 Å². The van der Waals surface area contributed by atoms with E-state index >= 15 is 0 Å². The van der Waals surface area contributed by atoms with Crippen molar-refractivity contribution in [3.8, 4) is 0 Å². The molecule has 0 aliphatic carbocycles. The van der Waals surface area contributed by atoms with Crippen molar-refractivity contribution in [3.05, 3.63) is 99.8 Å². The third-order valence-electron chi connectivity index (χ3n) is 5.27. The van der Waals surface area contributed by atoms with E-state index in [1.807, 2.05) is 6.07 Å². The Morgan fingerprint density at radius 2 is 1.79 bits per heavy atom. The highest BCUT2D eigenvalue weighted by Crippen LogP contribution is 2.45. The number of rotatable bonds is 4. The lowest BCUT2D eigenvalue weighted by molar-refractivity contribution is -0.145. The van der Waals surface area contributed by atoms with Crippen LogP contribution in [0.15, 0.2) is 77.3 Å². The van der Waals surface area contributed by atoms with Crippen LogP contribution >= 0.6 is 15.9 Å². The summed E-state index contributed by atoms with van der Waals surface area (Å²) in [7, 11) is 1.39. The first-order chi connectivity index (χ1) is 14.0. The Balaban J connectivity index is 1.87. The van der Waals surface area contributed by atoms with E-state index in [0.29, 0.717) is 26.9 Å². The number of methoxy groups -OCH3 is 1. The highest BCUT2D eigenvalue weighted by atomic mass is 79.9. The maximum atomic E-state index is 14.5. The van der Waals surface area contributed by atoms with E-state index < -0.39 is 23.4 Å². The molecular formula is C23H19BrFNO3. The Labute approximate surface area is 176 Å². The number of carbonyl (C=O) groups is 1. The van der Waals surface area contributed by atoms with E-state index in [-0.39, 0.29) is 6.54 Å². The molecule has 2 atom stereocenters.